The van der Waals surface area contributed by atoms with Crippen molar-refractivity contribution in [1.29, 1.82) is 0 Å². The monoisotopic (exact) mass is 364 g/mol. The van der Waals surface area contributed by atoms with Crippen molar-refractivity contribution < 1.29 is 22.7 Å². The molecule has 4 nitrogen and oxygen atoms in total. The van der Waals surface area contributed by atoms with Gasteiger partial charge in [0.1, 0.15) is 5.75 Å². The number of amides is 1. The van der Waals surface area contributed by atoms with E-state index in [0.29, 0.717) is 12.1 Å². The lowest BCUT2D eigenvalue weighted by Gasteiger charge is -2.36. The number of halogens is 3. The Morgan fingerprint density at radius 2 is 1.96 bits per heavy atom. The normalized spacial score (nSPS) is 17.8. The number of carbonyl (C=O) groups excluding carboxylic acids is 1. The van der Waals surface area contributed by atoms with Gasteiger partial charge in [-0.25, -0.2) is 0 Å². The molecule has 2 aromatic rings. The maximum Gasteiger partial charge on any atom is 0.573 e. The van der Waals surface area contributed by atoms with Crippen LogP contribution >= 0.6 is 0 Å². The molecule has 1 aliphatic heterocycles. The van der Waals surface area contributed by atoms with E-state index in [1.54, 1.807) is 12.4 Å². The van der Waals surface area contributed by atoms with Crippen LogP contribution in [-0.4, -0.2) is 28.7 Å². The van der Waals surface area contributed by atoms with Crippen LogP contribution in [0.4, 0.5) is 13.2 Å². The van der Waals surface area contributed by atoms with Gasteiger partial charge in [0.2, 0.25) is 5.91 Å². The first-order valence-electron chi connectivity index (χ1n) is 8.46. The molecule has 1 aliphatic rings. The number of hydrogen-bond donors (Lipinski definition) is 0. The molecular weight excluding hydrogens is 345 g/mol. The fourth-order valence-corrected chi connectivity index (χ4v) is 3.23. The summed E-state index contributed by atoms with van der Waals surface area (Å²) in [6.07, 6.45) is 1.78. The summed E-state index contributed by atoms with van der Waals surface area (Å²) in [5.41, 5.74) is 1.66. The number of nitrogens with zero attached hydrogens (tertiary/aromatic N) is 2. The summed E-state index contributed by atoms with van der Waals surface area (Å²) in [6.45, 7) is 0.674. The van der Waals surface area contributed by atoms with Gasteiger partial charge in [0.25, 0.3) is 0 Å². The minimum atomic E-state index is -4.72. The average molecular weight is 364 g/mol. The maximum atomic E-state index is 12.8. The molecule has 7 heteroatoms. The van der Waals surface area contributed by atoms with Gasteiger partial charge in [-0.2, -0.15) is 0 Å². The van der Waals surface area contributed by atoms with Crippen LogP contribution < -0.4 is 4.74 Å². The zero-order valence-electron chi connectivity index (χ0n) is 14.1. The number of rotatable bonds is 4. The molecule has 0 saturated carbocycles. The van der Waals surface area contributed by atoms with E-state index in [0.717, 1.165) is 24.8 Å². The molecular formula is C19H19F3N2O2. The molecule has 0 spiro atoms. The predicted molar refractivity (Wildman–Crippen MR) is 89.4 cm³/mol. The van der Waals surface area contributed by atoms with Gasteiger partial charge >= 0.3 is 6.36 Å². The zero-order chi connectivity index (χ0) is 18.6. The van der Waals surface area contributed by atoms with Crippen LogP contribution in [0.1, 0.15) is 36.4 Å². The van der Waals surface area contributed by atoms with Crippen molar-refractivity contribution in [3.63, 3.8) is 0 Å². The fraction of sp³-hybridized carbons (Fsp3) is 0.368. The number of likely N-dealkylation sites (tertiary alicyclic amines) is 1. The first-order valence-corrected chi connectivity index (χ1v) is 8.46. The van der Waals surface area contributed by atoms with Crippen molar-refractivity contribution in [2.24, 2.45) is 0 Å². The minimum Gasteiger partial charge on any atom is -0.406 e. The summed E-state index contributed by atoms with van der Waals surface area (Å²) in [5, 5.41) is 0. The van der Waals surface area contributed by atoms with Gasteiger partial charge in [0, 0.05) is 18.9 Å². The third-order valence-electron chi connectivity index (χ3n) is 4.40. The van der Waals surface area contributed by atoms with Crippen molar-refractivity contribution >= 4 is 5.91 Å². The first kappa shape index (κ1) is 18.2. The van der Waals surface area contributed by atoms with E-state index in [-0.39, 0.29) is 24.1 Å². The Morgan fingerprint density at radius 3 is 2.62 bits per heavy atom. The van der Waals surface area contributed by atoms with Gasteiger partial charge in [0.05, 0.1) is 12.5 Å². The number of benzene rings is 1. The average Bonchev–Trinajstić information content (AvgIpc) is 2.63. The third kappa shape index (κ3) is 4.74. The van der Waals surface area contributed by atoms with Crippen molar-refractivity contribution in [3.05, 3.63) is 59.9 Å². The summed E-state index contributed by atoms with van der Waals surface area (Å²) in [6, 6.07) is 9.25. The molecule has 0 bridgehead atoms. The highest BCUT2D eigenvalue weighted by Crippen LogP contribution is 2.31. The largest absolute Gasteiger partial charge is 0.573 e. The van der Waals surface area contributed by atoms with E-state index < -0.39 is 6.36 Å². The Balaban J connectivity index is 1.68. The number of hydrogen-bond acceptors (Lipinski definition) is 3. The molecule has 1 aromatic carbocycles. The Hall–Kier alpha value is -2.57. The fourth-order valence-electron chi connectivity index (χ4n) is 3.23. The molecule has 1 aromatic heterocycles. The molecule has 3 rings (SSSR count). The number of ether oxygens (including phenoxy) is 1. The van der Waals surface area contributed by atoms with Crippen molar-refractivity contribution in [2.45, 2.75) is 38.1 Å². The maximum absolute atomic E-state index is 12.8. The zero-order valence-corrected chi connectivity index (χ0v) is 14.1. The van der Waals surface area contributed by atoms with Crippen molar-refractivity contribution in [3.8, 4) is 5.75 Å². The van der Waals surface area contributed by atoms with E-state index in [1.165, 1.54) is 24.3 Å². The number of carbonyl (C=O) groups is 1. The summed E-state index contributed by atoms with van der Waals surface area (Å²) >= 11 is 0. The second-order valence-corrected chi connectivity index (χ2v) is 6.25. The minimum absolute atomic E-state index is 0.00205. The van der Waals surface area contributed by atoms with E-state index in [4.69, 9.17) is 0 Å². The number of piperidine rings is 1. The molecule has 138 valence electrons. The third-order valence-corrected chi connectivity index (χ3v) is 4.40. The highest BCUT2D eigenvalue weighted by atomic mass is 19.4. The standard InChI is InChI=1S/C19H19F3N2O2/c20-19(21,22)26-16-8-6-14(7-9-16)12-18(25)24-11-2-1-5-17(24)15-4-3-10-23-13-15/h3-4,6-10,13,17H,1-2,5,11-12H2/t17-/m0/s1. The van der Waals surface area contributed by atoms with Crippen LogP contribution in [0, 0.1) is 0 Å². The van der Waals surface area contributed by atoms with Gasteiger partial charge in [-0.15, -0.1) is 13.2 Å². The lowest BCUT2D eigenvalue weighted by molar-refractivity contribution is -0.274. The lowest BCUT2D eigenvalue weighted by atomic mass is 9.95. The molecule has 0 unspecified atom stereocenters. The van der Waals surface area contributed by atoms with Gasteiger partial charge in [-0.3, -0.25) is 9.78 Å². The molecule has 1 fully saturated rings. The summed E-state index contributed by atoms with van der Waals surface area (Å²) < 4.78 is 40.5. The summed E-state index contributed by atoms with van der Waals surface area (Å²) in [7, 11) is 0. The molecule has 26 heavy (non-hydrogen) atoms. The van der Waals surface area contributed by atoms with Gasteiger partial charge in [-0.05, 0) is 48.6 Å². The van der Waals surface area contributed by atoms with Gasteiger partial charge in [0.15, 0.2) is 0 Å². The lowest BCUT2D eigenvalue weighted by Crippen LogP contribution is -2.39. The Labute approximate surface area is 149 Å². The van der Waals surface area contributed by atoms with Crippen LogP contribution in [0.5, 0.6) is 5.75 Å². The van der Waals surface area contributed by atoms with Crippen LogP contribution in [0.2, 0.25) is 0 Å². The van der Waals surface area contributed by atoms with Crippen molar-refractivity contribution in [2.75, 3.05) is 6.54 Å². The Morgan fingerprint density at radius 1 is 1.19 bits per heavy atom. The van der Waals surface area contributed by atoms with Crippen LogP contribution in [0.15, 0.2) is 48.8 Å². The van der Waals surface area contributed by atoms with E-state index in [1.807, 2.05) is 17.0 Å². The molecule has 0 aliphatic carbocycles. The summed E-state index contributed by atoms with van der Waals surface area (Å²) in [4.78, 5) is 18.7. The number of alkyl halides is 3. The Kier molecular flexibility index (Phi) is 5.44. The predicted octanol–water partition coefficient (Wildman–Crippen LogP) is 4.28. The molecule has 1 atom stereocenters. The first-order chi connectivity index (χ1) is 12.4. The van der Waals surface area contributed by atoms with Crippen LogP contribution in [0.3, 0.4) is 0 Å². The molecule has 1 saturated heterocycles. The second-order valence-electron chi connectivity index (χ2n) is 6.25. The summed E-state index contributed by atoms with van der Waals surface area (Å²) in [5.74, 6) is -0.331. The second kappa shape index (κ2) is 7.76. The molecule has 2 heterocycles. The SMILES string of the molecule is O=C(Cc1ccc(OC(F)(F)F)cc1)N1CCCC[C@H]1c1cccnc1. The smallest absolute Gasteiger partial charge is 0.406 e. The van der Waals surface area contributed by atoms with Crippen molar-refractivity contribution in [1.82, 2.24) is 9.88 Å². The molecule has 1 amide bonds. The molecule has 0 N–H and O–H groups in total. The number of pyridine rings is 1. The number of aromatic nitrogens is 1. The highest BCUT2D eigenvalue weighted by molar-refractivity contribution is 5.79. The van der Waals surface area contributed by atoms with E-state index in [9.17, 15) is 18.0 Å². The van der Waals surface area contributed by atoms with E-state index >= 15 is 0 Å². The quantitative estimate of drug-likeness (QED) is 0.813. The highest BCUT2D eigenvalue weighted by Gasteiger charge is 2.31. The van der Waals surface area contributed by atoms with E-state index in [2.05, 4.69) is 9.72 Å². The Bertz CT molecular complexity index is 733. The van der Waals surface area contributed by atoms with Gasteiger partial charge in [-0.1, -0.05) is 18.2 Å². The van der Waals surface area contributed by atoms with Crippen LogP contribution in [-0.2, 0) is 11.2 Å². The topological polar surface area (TPSA) is 42.4 Å². The van der Waals surface area contributed by atoms with Crippen LogP contribution in [0.25, 0.3) is 0 Å². The molecule has 0 radical (unpaired) electrons. The van der Waals surface area contributed by atoms with Gasteiger partial charge < -0.3 is 9.64 Å².